The molecule has 1 aliphatic heterocycles. The lowest BCUT2D eigenvalue weighted by Gasteiger charge is -2.31. The highest BCUT2D eigenvalue weighted by molar-refractivity contribution is 7.89. The molecule has 1 saturated heterocycles. The predicted octanol–water partition coefficient (Wildman–Crippen LogP) is -0.451. The maximum atomic E-state index is 12.7. The van der Waals surface area contributed by atoms with Gasteiger partial charge in [-0.15, -0.1) is 0 Å². The number of sulfonamides is 1. The van der Waals surface area contributed by atoms with E-state index in [9.17, 15) is 18.0 Å². The van der Waals surface area contributed by atoms with Crippen LogP contribution in [0.2, 0.25) is 0 Å². The van der Waals surface area contributed by atoms with Gasteiger partial charge in [-0.1, -0.05) is 0 Å². The summed E-state index contributed by atoms with van der Waals surface area (Å²) in [5, 5.41) is 5.03. The number of imide groups is 1. The van der Waals surface area contributed by atoms with Gasteiger partial charge in [-0.05, 0) is 19.9 Å². The zero-order valence-electron chi connectivity index (χ0n) is 11.7. The lowest BCUT2D eigenvalue weighted by molar-refractivity contribution is -0.136. The fraction of sp³-hybridized carbons (Fsp3) is 0.417. The van der Waals surface area contributed by atoms with Crippen molar-refractivity contribution in [3.05, 3.63) is 18.5 Å². The third-order valence-electron chi connectivity index (χ3n) is 3.11. The van der Waals surface area contributed by atoms with E-state index in [-0.39, 0.29) is 4.90 Å². The standard InChI is InChI=1S/C12H16N4O4S/c1-3-14-9-4-5-13-6-10(9)21(19,20)16-7-11(17)15-12(18)8(16)2/h4-6,8H,3,7H2,1-2H3,(H,13,14)(H,15,17,18). The van der Waals surface area contributed by atoms with Crippen LogP contribution in [-0.4, -0.2) is 48.7 Å². The third kappa shape index (κ3) is 2.88. The monoisotopic (exact) mass is 312 g/mol. The normalized spacial score (nSPS) is 20.2. The first-order chi connectivity index (χ1) is 9.87. The predicted molar refractivity (Wildman–Crippen MR) is 74.9 cm³/mol. The highest BCUT2D eigenvalue weighted by Gasteiger charge is 2.39. The molecule has 2 amide bonds. The zero-order valence-corrected chi connectivity index (χ0v) is 12.5. The molecule has 0 saturated carbocycles. The molecule has 1 aromatic rings. The quantitative estimate of drug-likeness (QED) is 0.729. The second-order valence-electron chi connectivity index (χ2n) is 4.54. The topological polar surface area (TPSA) is 108 Å². The molecule has 1 unspecified atom stereocenters. The summed E-state index contributed by atoms with van der Waals surface area (Å²) in [5.74, 6) is -1.28. The summed E-state index contributed by atoms with van der Waals surface area (Å²) in [6.07, 6.45) is 2.67. The number of amides is 2. The molecule has 1 atom stereocenters. The van der Waals surface area contributed by atoms with Gasteiger partial charge in [0.15, 0.2) is 0 Å². The molecule has 0 aromatic carbocycles. The molecule has 0 spiro atoms. The Hall–Kier alpha value is -2.00. The van der Waals surface area contributed by atoms with Gasteiger partial charge in [0.2, 0.25) is 21.8 Å². The molecule has 2 N–H and O–H groups in total. The number of hydrogen-bond acceptors (Lipinski definition) is 6. The molecule has 0 radical (unpaired) electrons. The van der Waals surface area contributed by atoms with E-state index in [4.69, 9.17) is 0 Å². The number of anilines is 1. The fourth-order valence-corrected chi connectivity index (χ4v) is 3.70. The van der Waals surface area contributed by atoms with Crippen LogP contribution in [0, 0.1) is 0 Å². The summed E-state index contributed by atoms with van der Waals surface area (Å²) in [6, 6.07) is 0.578. The van der Waals surface area contributed by atoms with Crippen molar-refractivity contribution < 1.29 is 18.0 Å². The van der Waals surface area contributed by atoms with Crippen molar-refractivity contribution in [2.75, 3.05) is 18.4 Å². The number of nitrogens with one attached hydrogen (secondary N) is 2. The van der Waals surface area contributed by atoms with E-state index in [1.807, 2.05) is 6.92 Å². The minimum Gasteiger partial charge on any atom is -0.384 e. The highest BCUT2D eigenvalue weighted by atomic mass is 32.2. The largest absolute Gasteiger partial charge is 0.384 e. The van der Waals surface area contributed by atoms with Crippen LogP contribution < -0.4 is 10.6 Å². The molecule has 2 rings (SSSR count). The molecule has 1 aromatic heterocycles. The van der Waals surface area contributed by atoms with Crippen LogP contribution in [0.15, 0.2) is 23.4 Å². The Bertz CT molecular complexity index is 674. The highest BCUT2D eigenvalue weighted by Crippen LogP contribution is 2.25. The minimum absolute atomic E-state index is 0.0544. The van der Waals surface area contributed by atoms with E-state index in [0.717, 1.165) is 4.31 Å². The van der Waals surface area contributed by atoms with E-state index >= 15 is 0 Å². The average molecular weight is 312 g/mol. The summed E-state index contributed by atoms with van der Waals surface area (Å²) in [6.45, 7) is 3.40. The van der Waals surface area contributed by atoms with Crippen molar-refractivity contribution in [3.63, 3.8) is 0 Å². The maximum absolute atomic E-state index is 12.7. The number of carbonyl (C=O) groups is 2. The van der Waals surface area contributed by atoms with E-state index in [1.165, 1.54) is 25.4 Å². The first-order valence-corrected chi connectivity index (χ1v) is 7.85. The summed E-state index contributed by atoms with van der Waals surface area (Å²) in [7, 11) is -4.00. The summed E-state index contributed by atoms with van der Waals surface area (Å²) in [5.41, 5.74) is 0.387. The third-order valence-corrected chi connectivity index (χ3v) is 5.06. The van der Waals surface area contributed by atoms with Crippen molar-refractivity contribution in [1.29, 1.82) is 0 Å². The molecule has 21 heavy (non-hydrogen) atoms. The first-order valence-electron chi connectivity index (χ1n) is 6.41. The average Bonchev–Trinajstić information content (AvgIpc) is 2.43. The van der Waals surface area contributed by atoms with Crippen molar-refractivity contribution >= 4 is 27.5 Å². The minimum atomic E-state index is -4.00. The van der Waals surface area contributed by atoms with Gasteiger partial charge in [-0.25, -0.2) is 8.42 Å². The molecular formula is C12H16N4O4S. The lowest BCUT2D eigenvalue weighted by Crippen LogP contribution is -2.58. The second-order valence-corrected chi connectivity index (χ2v) is 6.40. The van der Waals surface area contributed by atoms with Crippen LogP contribution in [0.5, 0.6) is 0 Å². The Kier molecular flexibility index (Phi) is 4.24. The van der Waals surface area contributed by atoms with Gasteiger partial charge < -0.3 is 5.32 Å². The van der Waals surface area contributed by atoms with Crippen molar-refractivity contribution in [2.24, 2.45) is 0 Å². The Morgan fingerprint density at radius 2 is 2.19 bits per heavy atom. The molecule has 0 aliphatic carbocycles. The van der Waals surface area contributed by atoms with Crippen molar-refractivity contribution in [1.82, 2.24) is 14.6 Å². The lowest BCUT2D eigenvalue weighted by atomic mass is 10.2. The molecule has 9 heteroatoms. The second kappa shape index (κ2) is 5.78. The molecule has 0 bridgehead atoms. The number of pyridine rings is 1. The van der Waals surface area contributed by atoms with Gasteiger partial charge in [0.25, 0.3) is 0 Å². The molecule has 1 fully saturated rings. The maximum Gasteiger partial charge on any atom is 0.247 e. The molecule has 1 aliphatic rings. The van der Waals surface area contributed by atoms with Crippen LogP contribution in [0.1, 0.15) is 13.8 Å². The van der Waals surface area contributed by atoms with Crippen molar-refractivity contribution in [2.45, 2.75) is 24.8 Å². The Morgan fingerprint density at radius 3 is 2.86 bits per heavy atom. The van der Waals surface area contributed by atoms with Gasteiger partial charge in [-0.3, -0.25) is 19.9 Å². The first kappa shape index (κ1) is 15.4. The van der Waals surface area contributed by atoms with E-state index in [1.54, 1.807) is 0 Å². The van der Waals surface area contributed by atoms with Crippen LogP contribution >= 0.6 is 0 Å². The van der Waals surface area contributed by atoms with Crippen molar-refractivity contribution in [3.8, 4) is 0 Å². The van der Waals surface area contributed by atoms with Gasteiger partial charge >= 0.3 is 0 Å². The smallest absolute Gasteiger partial charge is 0.247 e. The number of aromatic nitrogens is 1. The van der Waals surface area contributed by atoms with Gasteiger partial charge in [0.1, 0.15) is 10.9 Å². The number of hydrogen-bond donors (Lipinski definition) is 2. The summed E-state index contributed by atoms with van der Waals surface area (Å²) in [4.78, 5) is 26.8. The molecule has 8 nitrogen and oxygen atoms in total. The SMILES string of the molecule is CCNc1ccncc1S(=O)(=O)N1CC(=O)NC(=O)C1C. The van der Waals surface area contributed by atoms with Gasteiger partial charge in [-0.2, -0.15) is 4.31 Å². The van der Waals surface area contributed by atoms with E-state index in [0.29, 0.717) is 12.2 Å². The molecule has 114 valence electrons. The zero-order chi connectivity index (χ0) is 15.6. The number of rotatable bonds is 4. The van der Waals surface area contributed by atoms with E-state index < -0.39 is 34.4 Å². The Morgan fingerprint density at radius 1 is 1.48 bits per heavy atom. The summed E-state index contributed by atoms with van der Waals surface area (Å²) >= 11 is 0. The Labute approximate surface area is 122 Å². The van der Waals surface area contributed by atoms with Crippen LogP contribution in [0.4, 0.5) is 5.69 Å². The number of piperazine rings is 1. The fourth-order valence-electron chi connectivity index (χ4n) is 2.03. The number of nitrogens with zero attached hydrogens (tertiary/aromatic N) is 2. The Balaban J connectivity index is 2.46. The number of carbonyl (C=O) groups excluding carboxylic acids is 2. The van der Waals surface area contributed by atoms with Gasteiger partial charge in [0.05, 0.1) is 12.2 Å². The molecule has 2 heterocycles. The van der Waals surface area contributed by atoms with Crippen LogP contribution in [0.25, 0.3) is 0 Å². The van der Waals surface area contributed by atoms with Crippen LogP contribution in [-0.2, 0) is 19.6 Å². The molecular weight excluding hydrogens is 296 g/mol. The van der Waals surface area contributed by atoms with Gasteiger partial charge in [0, 0.05) is 18.9 Å². The summed E-state index contributed by atoms with van der Waals surface area (Å²) < 4.78 is 26.3. The van der Waals surface area contributed by atoms with E-state index in [2.05, 4.69) is 15.6 Å². The van der Waals surface area contributed by atoms with Crippen LogP contribution in [0.3, 0.4) is 0 Å².